The van der Waals surface area contributed by atoms with Gasteiger partial charge in [0.05, 0.1) is 5.69 Å². The lowest BCUT2D eigenvalue weighted by molar-refractivity contribution is -0.128. The highest BCUT2D eigenvalue weighted by atomic mass is 16.2. The molecule has 1 amide bonds. The molecule has 1 aliphatic heterocycles. The van der Waals surface area contributed by atoms with Gasteiger partial charge in [-0.2, -0.15) is 0 Å². The summed E-state index contributed by atoms with van der Waals surface area (Å²) in [6, 6.07) is 8.23. The highest BCUT2D eigenvalue weighted by Gasteiger charge is 2.19. The number of anilines is 2. The first-order valence-electron chi connectivity index (χ1n) is 7.55. The molecule has 1 aliphatic rings. The maximum atomic E-state index is 11.6. The topological polar surface area (TPSA) is 58.1 Å². The molecule has 5 heteroatoms. The summed E-state index contributed by atoms with van der Waals surface area (Å²) in [5, 5.41) is 3.38. The first-order valence-corrected chi connectivity index (χ1v) is 7.55. The van der Waals surface area contributed by atoms with Gasteiger partial charge in [-0.15, -0.1) is 0 Å². The lowest BCUT2D eigenvalue weighted by Crippen LogP contribution is -2.31. The molecule has 114 valence electrons. The van der Waals surface area contributed by atoms with Gasteiger partial charge in [0, 0.05) is 37.7 Å². The first-order chi connectivity index (χ1) is 10.6. The standard InChI is InChI=1S/C17H20N4O/c1-12-3-5-14(6-4-12)20-17-15-7-9-21(13(2)22)10-8-16(15)18-11-19-17/h3-6,11H,7-10H2,1-2H3,(H,18,19,20). The Bertz CT molecular complexity index is 682. The second kappa shape index (κ2) is 6.13. The van der Waals surface area contributed by atoms with Crippen LogP contribution >= 0.6 is 0 Å². The van der Waals surface area contributed by atoms with Crippen molar-refractivity contribution in [2.24, 2.45) is 0 Å². The van der Waals surface area contributed by atoms with Gasteiger partial charge in [0.1, 0.15) is 12.1 Å². The Labute approximate surface area is 130 Å². The number of benzene rings is 1. The van der Waals surface area contributed by atoms with E-state index in [4.69, 9.17) is 0 Å². The molecule has 0 radical (unpaired) electrons. The fourth-order valence-corrected chi connectivity index (χ4v) is 2.72. The molecule has 5 nitrogen and oxygen atoms in total. The average molecular weight is 296 g/mol. The van der Waals surface area contributed by atoms with Gasteiger partial charge < -0.3 is 10.2 Å². The molecule has 1 N–H and O–H groups in total. The number of fused-ring (bicyclic) bond motifs is 1. The van der Waals surface area contributed by atoms with Crippen LogP contribution < -0.4 is 5.32 Å². The van der Waals surface area contributed by atoms with Gasteiger partial charge >= 0.3 is 0 Å². The minimum atomic E-state index is 0.119. The molecule has 0 spiro atoms. The van der Waals surface area contributed by atoms with Crippen molar-refractivity contribution < 1.29 is 4.79 Å². The highest BCUT2D eigenvalue weighted by Crippen LogP contribution is 2.23. The molecule has 0 bridgehead atoms. The number of rotatable bonds is 2. The molecule has 0 atom stereocenters. The third-order valence-electron chi connectivity index (χ3n) is 4.04. The molecule has 0 saturated carbocycles. The molecule has 22 heavy (non-hydrogen) atoms. The van der Waals surface area contributed by atoms with Crippen LogP contribution in [0.5, 0.6) is 0 Å². The normalized spacial score (nSPS) is 14.2. The zero-order chi connectivity index (χ0) is 15.5. The molecule has 1 aromatic carbocycles. The van der Waals surface area contributed by atoms with Gasteiger partial charge in [0.15, 0.2) is 0 Å². The lowest BCUT2D eigenvalue weighted by atomic mass is 10.1. The molecule has 0 saturated heterocycles. The number of nitrogens with one attached hydrogen (secondary N) is 1. The molecule has 2 heterocycles. The number of nitrogens with zero attached hydrogens (tertiary/aromatic N) is 3. The number of aryl methyl sites for hydroxylation is 1. The summed E-state index contributed by atoms with van der Waals surface area (Å²) in [6.07, 6.45) is 3.16. The summed E-state index contributed by atoms with van der Waals surface area (Å²) >= 11 is 0. The van der Waals surface area contributed by atoms with E-state index in [1.54, 1.807) is 13.3 Å². The van der Waals surface area contributed by atoms with Crippen molar-refractivity contribution in [3.8, 4) is 0 Å². The van der Waals surface area contributed by atoms with E-state index in [-0.39, 0.29) is 5.91 Å². The van der Waals surface area contributed by atoms with Crippen molar-refractivity contribution in [2.75, 3.05) is 18.4 Å². The van der Waals surface area contributed by atoms with Gasteiger partial charge in [0.2, 0.25) is 5.91 Å². The van der Waals surface area contributed by atoms with Crippen LogP contribution in [-0.4, -0.2) is 33.9 Å². The molecule has 0 fully saturated rings. The third kappa shape index (κ3) is 3.08. The van der Waals surface area contributed by atoms with Crippen LogP contribution in [-0.2, 0) is 17.6 Å². The fourth-order valence-electron chi connectivity index (χ4n) is 2.72. The van der Waals surface area contributed by atoms with E-state index in [9.17, 15) is 4.79 Å². The van der Waals surface area contributed by atoms with Crippen molar-refractivity contribution in [3.05, 3.63) is 47.4 Å². The number of carbonyl (C=O) groups is 1. The Hall–Kier alpha value is -2.43. The van der Waals surface area contributed by atoms with Crippen molar-refractivity contribution in [3.63, 3.8) is 0 Å². The van der Waals surface area contributed by atoms with Crippen LogP contribution in [0.25, 0.3) is 0 Å². The molecule has 0 aliphatic carbocycles. The minimum absolute atomic E-state index is 0.119. The number of aromatic nitrogens is 2. The van der Waals surface area contributed by atoms with Crippen LogP contribution in [0, 0.1) is 6.92 Å². The Morgan fingerprint density at radius 1 is 1.14 bits per heavy atom. The summed E-state index contributed by atoms with van der Waals surface area (Å²) in [7, 11) is 0. The SMILES string of the molecule is CC(=O)N1CCc2ncnc(Nc3ccc(C)cc3)c2CC1. The Morgan fingerprint density at radius 3 is 2.59 bits per heavy atom. The van der Waals surface area contributed by atoms with E-state index >= 15 is 0 Å². The zero-order valence-corrected chi connectivity index (χ0v) is 13.0. The predicted molar refractivity (Wildman–Crippen MR) is 86.2 cm³/mol. The summed E-state index contributed by atoms with van der Waals surface area (Å²) in [6.45, 7) is 5.13. The van der Waals surface area contributed by atoms with E-state index in [1.807, 2.05) is 17.0 Å². The van der Waals surface area contributed by atoms with Crippen LogP contribution in [0.4, 0.5) is 11.5 Å². The van der Waals surface area contributed by atoms with Gasteiger partial charge in [-0.1, -0.05) is 17.7 Å². The molecule has 1 aromatic heterocycles. The smallest absolute Gasteiger partial charge is 0.219 e. The average Bonchev–Trinajstić information content (AvgIpc) is 2.73. The van der Waals surface area contributed by atoms with Gasteiger partial charge in [-0.3, -0.25) is 4.79 Å². The lowest BCUT2D eigenvalue weighted by Gasteiger charge is -2.17. The Kier molecular flexibility index (Phi) is 4.04. The molecular weight excluding hydrogens is 276 g/mol. The highest BCUT2D eigenvalue weighted by molar-refractivity contribution is 5.73. The Balaban J connectivity index is 1.85. The van der Waals surface area contributed by atoms with Crippen LogP contribution in [0.3, 0.4) is 0 Å². The molecular formula is C17H20N4O. The number of hydrogen-bond donors (Lipinski definition) is 1. The zero-order valence-electron chi connectivity index (χ0n) is 13.0. The minimum Gasteiger partial charge on any atom is -0.342 e. The summed E-state index contributed by atoms with van der Waals surface area (Å²) in [4.78, 5) is 22.3. The Morgan fingerprint density at radius 2 is 1.86 bits per heavy atom. The summed E-state index contributed by atoms with van der Waals surface area (Å²) in [5.74, 6) is 0.966. The number of amides is 1. The number of carbonyl (C=O) groups excluding carboxylic acids is 1. The van der Waals surface area contributed by atoms with Crippen LogP contribution in [0.2, 0.25) is 0 Å². The van der Waals surface area contributed by atoms with Gasteiger partial charge in [0.25, 0.3) is 0 Å². The predicted octanol–water partition coefficient (Wildman–Crippen LogP) is 2.48. The van der Waals surface area contributed by atoms with Crippen molar-refractivity contribution in [2.45, 2.75) is 26.7 Å². The molecule has 2 aromatic rings. The van der Waals surface area contributed by atoms with Crippen molar-refractivity contribution in [1.82, 2.24) is 14.9 Å². The van der Waals surface area contributed by atoms with Crippen LogP contribution in [0.15, 0.2) is 30.6 Å². The van der Waals surface area contributed by atoms with Crippen molar-refractivity contribution in [1.29, 1.82) is 0 Å². The summed E-state index contributed by atoms with van der Waals surface area (Å²) < 4.78 is 0. The third-order valence-corrected chi connectivity index (χ3v) is 4.04. The second-order valence-corrected chi connectivity index (χ2v) is 5.64. The quantitative estimate of drug-likeness (QED) is 0.925. The van der Waals surface area contributed by atoms with Gasteiger partial charge in [-0.25, -0.2) is 9.97 Å². The second-order valence-electron chi connectivity index (χ2n) is 5.64. The molecule has 3 rings (SSSR count). The fraction of sp³-hybridized carbons (Fsp3) is 0.353. The van der Waals surface area contributed by atoms with E-state index < -0.39 is 0 Å². The number of hydrogen-bond acceptors (Lipinski definition) is 4. The maximum absolute atomic E-state index is 11.6. The van der Waals surface area contributed by atoms with Crippen molar-refractivity contribution >= 4 is 17.4 Å². The first kappa shape index (κ1) is 14.5. The summed E-state index contributed by atoms with van der Waals surface area (Å²) in [5.41, 5.74) is 4.39. The monoisotopic (exact) mass is 296 g/mol. The van der Waals surface area contributed by atoms with E-state index in [0.29, 0.717) is 0 Å². The van der Waals surface area contributed by atoms with E-state index in [1.165, 1.54) is 5.56 Å². The largest absolute Gasteiger partial charge is 0.342 e. The van der Waals surface area contributed by atoms with Crippen LogP contribution in [0.1, 0.15) is 23.7 Å². The van der Waals surface area contributed by atoms with E-state index in [2.05, 4.69) is 34.3 Å². The molecule has 0 unspecified atom stereocenters. The van der Waals surface area contributed by atoms with Gasteiger partial charge in [-0.05, 0) is 25.5 Å². The van der Waals surface area contributed by atoms with E-state index in [0.717, 1.165) is 48.7 Å². The maximum Gasteiger partial charge on any atom is 0.219 e.